The predicted molar refractivity (Wildman–Crippen MR) is 49.7 cm³/mol. The largest absolute Gasteiger partial charge is 0.481 e. The predicted octanol–water partition coefficient (Wildman–Crippen LogP) is 1.51. The Morgan fingerprint density at radius 2 is 1.92 bits per heavy atom. The summed E-state index contributed by atoms with van der Waals surface area (Å²) in [7, 11) is 0. The Morgan fingerprint density at radius 3 is 2.38 bits per heavy atom. The highest BCUT2D eigenvalue weighted by Crippen LogP contribution is 1.92. The molecule has 0 bridgehead atoms. The molecule has 0 saturated heterocycles. The molecule has 4 heteroatoms. The van der Waals surface area contributed by atoms with Gasteiger partial charge < -0.3 is 9.47 Å². The van der Waals surface area contributed by atoms with Crippen molar-refractivity contribution >= 4 is 11.9 Å². The number of carbonyl (C=O) groups excluding carboxylic acids is 1. The molecule has 0 rings (SSSR count). The number of unbranched alkanes of at least 4 members (excludes halogenated alkanes) is 1. The van der Waals surface area contributed by atoms with E-state index in [4.69, 9.17) is 14.9 Å². The third-order valence-electron chi connectivity index (χ3n) is 1.27. The third-order valence-corrected chi connectivity index (χ3v) is 1.27. The van der Waals surface area contributed by atoms with Crippen LogP contribution in [0.1, 0.15) is 19.8 Å². The quantitative estimate of drug-likeness (QED) is 0.224. The van der Waals surface area contributed by atoms with Crippen LogP contribution in [0.3, 0.4) is 0 Å². The van der Waals surface area contributed by atoms with E-state index in [9.17, 15) is 4.79 Å². The highest BCUT2D eigenvalue weighted by atomic mass is 16.5. The van der Waals surface area contributed by atoms with E-state index < -0.39 is 5.97 Å². The van der Waals surface area contributed by atoms with Crippen LogP contribution in [0.4, 0.5) is 0 Å². The van der Waals surface area contributed by atoms with Crippen LogP contribution in [0.5, 0.6) is 0 Å². The van der Waals surface area contributed by atoms with Crippen LogP contribution in [0.2, 0.25) is 0 Å². The van der Waals surface area contributed by atoms with Crippen LogP contribution in [-0.2, 0) is 14.3 Å². The first-order valence-corrected chi connectivity index (χ1v) is 4.14. The fourth-order valence-electron chi connectivity index (χ4n) is 0.661. The second kappa shape index (κ2) is 7.34. The number of hydrogen-bond donors (Lipinski definition) is 1. The lowest BCUT2D eigenvalue weighted by Gasteiger charge is -2.03. The van der Waals surface area contributed by atoms with Gasteiger partial charge >= 0.3 is 5.97 Å². The number of ether oxygens (including phenoxy) is 2. The summed E-state index contributed by atoms with van der Waals surface area (Å²) >= 11 is 0. The van der Waals surface area contributed by atoms with Gasteiger partial charge in [-0.2, -0.15) is 0 Å². The molecule has 13 heavy (non-hydrogen) atoms. The van der Waals surface area contributed by atoms with Crippen LogP contribution in [0.25, 0.3) is 0 Å². The lowest BCUT2D eigenvalue weighted by molar-refractivity contribution is -0.137. The monoisotopic (exact) mass is 185 g/mol. The Kier molecular flexibility index (Phi) is 6.59. The van der Waals surface area contributed by atoms with E-state index in [0.29, 0.717) is 13.2 Å². The smallest absolute Gasteiger partial charge is 0.330 e. The maximum absolute atomic E-state index is 10.5. The van der Waals surface area contributed by atoms with Gasteiger partial charge in [0.15, 0.2) is 5.90 Å². The Hall–Kier alpha value is -1.32. The second-order valence-electron chi connectivity index (χ2n) is 2.48. The lowest BCUT2D eigenvalue weighted by atomic mass is 10.3. The van der Waals surface area contributed by atoms with Crippen molar-refractivity contribution in [3.63, 3.8) is 0 Å². The molecule has 0 aliphatic heterocycles. The number of esters is 1. The van der Waals surface area contributed by atoms with E-state index in [-0.39, 0.29) is 5.90 Å². The third kappa shape index (κ3) is 8.59. The minimum absolute atomic E-state index is 0.211. The Labute approximate surface area is 78.0 Å². The van der Waals surface area contributed by atoms with Crippen molar-refractivity contribution in [2.24, 2.45) is 0 Å². The highest BCUT2D eigenvalue weighted by Gasteiger charge is 1.95. The SMILES string of the molecule is C=CC(=O)OCCCCOC(C)=N. The van der Waals surface area contributed by atoms with Crippen molar-refractivity contribution in [1.82, 2.24) is 0 Å². The Bertz CT molecular complexity index is 189. The second-order valence-corrected chi connectivity index (χ2v) is 2.48. The summed E-state index contributed by atoms with van der Waals surface area (Å²) in [6.07, 6.45) is 2.66. The minimum Gasteiger partial charge on any atom is -0.481 e. The van der Waals surface area contributed by atoms with Gasteiger partial charge in [0.2, 0.25) is 0 Å². The van der Waals surface area contributed by atoms with Gasteiger partial charge in [0.05, 0.1) is 13.2 Å². The lowest BCUT2D eigenvalue weighted by Crippen LogP contribution is -2.04. The summed E-state index contributed by atoms with van der Waals surface area (Å²) in [6, 6.07) is 0. The molecule has 0 fully saturated rings. The summed E-state index contributed by atoms with van der Waals surface area (Å²) in [5.41, 5.74) is 0. The first kappa shape index (κ1) is 11.7. The van der Waals surface area contributed by atoms with Crippen molar-refractivity contribution in [2.45, 2.75) is 19.8 Å². The van der Waals surface area contributed by atoms with Crippen molar-refractivity contribution in [3.8, 4) is 0 Å². The number of nitrogens with one attached hydrogen (secondary N) is 1. The molecule has 0 saturated carbocycles. The highest BCUT2D eigenvalue weighted by molar-refractivity contribution is 5.81. The van der Waals surface area contributed by atoms with E-state index >= 15 is 0 Å². The van der Waals surface area contributed by atoms with Crippen LogP contribution < -0.4 is 0 Å². The average Bonchev–Trinajstić information content (AvgIpc) is 2.10. The molecular formula is C9H15NO3. The van der Waals surface area contributed by atoms with Gasteiger partial charge in [-0.05, 0) is 12.8 Å². The fraction of sp³-hybridized carbons (Fsp3) is 0.556. The summed E-state index contributed by atoms with van der Waals surface area (Å²) < 4.78 is 9.63. The van der Waals surface area contributed by atoms with Crippen molar-refractivity contribution in [3.05, 3.63) is 12.7 Å². The van der Waals surface area contributed by atoms with Crippen LogP contribution >= 0.6 is 0 Å². The first-order chi connectivity index (χ1) is 6.16. The van der Waals surface area contributed by atoms with E-state index in [1.54, 1.807) is 6.92 Å². The summed E-state index contributed by atoms with van der Waals surface area (Å²) in [5.74, 6) is -0.188. The molecule has 74 valence electrons. The molecule has 0 spiro atoms. The molecule has 0 aromatic rings. The molecule has 1 N–H and O–H groups in total. The zero-order valence-electron chi connectivity index (χ0n) is 7.84. The minimum atomic E-state index is -0.399. The molecule has 4 nitrogen and oxygen atoms in total. The van der Waals surface area contributed by atoms with Crippen molar-refractivity contribution in [2.75, 3.05) is 13.2 Å². The summed E-state index contributed by atoms with van der Waals surface area (Å²) in [5, 5.41) is 6.95. The Balaban J connectivity index is 3.12. The molecular weight excluding hydrogens is 170 g/mol. The van der Waals surface area contributed by atoms with Crippen LogP contribution in [0, 0.1) is 5.41 Å². The van der Waals surface area contributed by atoms with Crippen molar-refractivity contribution in [1.29, 1.82) is 5.41 Å². The van der Waals surface area contributed by atoms with E-state index in [1.165, 1.54) is 0 Å². The molecule has 0 unspecified atom stereocenters. The molecule has 0 aromatic carbocycles. The van der Waals surface area contributed by atoms with Gasteiger partial charge in [0, 0.05) is 13.0 Å². The maximum Gasteiger partial charge on any atom is 0.330 e. The van der Waals surface area contributed by atoms with Gasteiger partial charge in [-0.15, -0.1) is 0 Å². The van der Waals surface area contributed by atoms with E-state index in [0.717, 1.165) is 18.9 Å². The van der Waals surface area contributed by atoms with E-state index in [2.05, 4.69) is 6.58 Å². The molecule has 0 radical (unpaired) electrons. The molecule has 0 aromatic heterocycles. The zero-order valence-corrected chi connectivity index (χ0v) is 7.84. The number of hydrogen-bond acceptors (Lipinski definition) is 4. The van der Waals surface area contributed by atoms with Gasteiger partial charge in [0.1, 0.15) is 0 Å². The van der Waals surface area contributed by atoms with Crippen molar-refractivity contribution < 1.29 is 14.3 Å². The first-order valence-electron chi connectivity index (χ1n) is 4.14. The van der Waals surface area contributed by atoms with E-state index in [1.807, 2.05) is 0 Å². The van der Waals surface area contributed by atoms with Gasteiger partial charge in [0.25, 0.3) is 0 Å². The zero-order chi connectivity index (χ0) is 10.1. The molecule has 0 aliphatic carbocycles. The van der Waals surface area contributed by atoms with Gasteiger partial charge in [-0.1, -0.05) is 6.58 Å². The molecule has 0 heterocycles. The normalized spacial score (nSPS) is 9.00. The number of rotatable bonds is 6. The molecule has 0 aliphatic rings. The fourth-order valence-corrected chi connectivity index (χ4v) is 0.661. The summed E-state index contributed by atoms with van der Waals surface area (Å²) in [6.45, 7) is 5.73. The number of carbonyl (C=O) groups is 1. The Morgan fingerprint density at radius 1 is 1.38 bits per heavy atom. The standard InChI is InChI=1S/C9H15NO3/c1-3-9(11)13-7-5-4-6-12-8(2)10/h3,10H,1,4-7H2,2H3. The average molecular weight is 185 g/mol. The summed E-state index contributed by atoms with van der Waals surface area (Å²) in [4.78, 5) is 10.5. The van der Waals surface area contributed by atoms with Crippen LogP contribution in [-0.4, -0.2) is 25.1 Å². The molecule has 0 atom stereocenters. The van der Waals surface area contributed by atoms with Crippen LogP contribution in [0.15, 0.2) is 12.7 Å². The van der Waals surface area contributed by atoms with Gasteiger partial charge in [-0.25, -0.2) is 4.79 Å². The topological polar surface area (TPSA) is 59.4 Å². The van der Waals surface area contributed by atoms with Gasteiger partial charge in [-0.3, -0.25) is 5.41 Å². The molecule has 0 amide bonds. The maximum atomic E-state index is 10.5.